The third-order valence-corrected chi connectivity index (χ3v) is 1.81. The average molecular weight is 191 g/mol. The molecule has 1 aromatic carbocycles. The number of hydrogen-bond acceptors (Lipinski definition) is 2. The molecule has 0 aliphatic heterocycles. The summed E-state index contributed by atoms with van der Waals surface area (Å²) >= 11 is 5.46. The second-order valence-corrected chi connectivity index (χ2v) is 2.78. The molecular formula is C8H8ClFO2. The summed E-state index contributed by atoms with van der Waals surface area (Å²) in [4.78, 5) is 0. The zero-order chi connectivity index (χ0) is 9.30. The van der Waals surface area contributed by atoms with Crippen molar-refractivity contribution in [3.63, 3.8) is 0 Å². The van der Waals surface area contributed by atoms with Crippen LogP contribution in [0.5, 0.6) is 11.5 Å². The highest BCUT2D eigenvalue weighted by atomic mass is 35.5. The Labute approximate surface area is 74.5 Å². The topological polar surface area (TPSA) is 29.5 Å². The molecule has 0 amide bonds. The normalized spacial score (nSPS) is 10.0. The summed E-state index contributed by atoms with van der Waals surface area (Å²) in [5, 5.41) is 9.07. The molecule has 0 fully saturated rings. The summed E-state index contributed by atoms with van der Waals surface area (Å²) in [6, 6.07) is 1.40. The van der Waals surface area contributed by atoms with Crippen LogP contribution in [0.4, 0.5) is 4.39 Å². The molecule has 0 heterocycles. The van der Waals surface area contributed by atoms with Crippen molar-refractivity contribution in [1.29, 1.82) is 0 Å². The van der Waals surface area contributed by atoms with Crippen molar-refractivity contribution in [2.24, 2.45) is 0 Å². The number of phenols is 1. The Morgan fingerprint density at radius 1 is 1.58 bits per heavy atom. The number of aromatic hydroxyl groups is 1. The molecule has 12 heavy (non-hydrogen) atoms. The zero-order valence-corrected chi connectivity index (χ0v) is 7.44. The van der Waals surface area contributed by atoms with Crippen LogP contribution in [0, 0.1) is 12.7 Å². The minimum atomic E-state index is -0.848. The zero-order valence-electron chi connectivity index (χ0n) is 6.69. The van der Waals surface area contributed by atoms with Gasteiger partial charge in [0, 0.05) is 0 Å². The van der Waals surface area contributed by atoms with E-state index in [1.54, 1.807) is 6.92 Å². The molecule has 2 nitrogen and oxygen atoms in total. The van der Waals surface area contributed by atoms with Gasteiger partial charge in [-0.05, 0) is 18.6 Å². The van der Waals surface area contributed by atoms with Gasteiger partial charge in [-0.3, -0.25) is 0 Å². The van der Waals surface area contributed by atoms with Crippen molar-refractivity contribution < 1.29 is 14.2 Å². The predicted molar refractivity (Wildman–Crippen MR) is 44.4 cm³/mol. The van der Waals surface area contributed by atoms with Gasteiger partial charge in [-0.25, -0.2) is 4.39 Å². The highest BCUT2D eigenvalue weighted by molar-refractivity contribution is 6.31. The van der Waals surface area contributed by atoms with Crippen molar-refractivity contribution in [1.82, 2.24) is 0 Å². The summed E-state index contributed by atoms with van der Waals surface area (Å²) in [5.41, 5.74) is 0.599. The van der Waals surface area contributed by atoms with E-state index in [1.807, 2.05) is 0 Å². The molecule has 0 atom stereocenters. The quantitative estimate of drug-likeness (QED) is 0.737. The highest BCUT2D eigenvalue weighted by Gasteiger charge is 2.14. The monoisotopic (exact) mass is 190 g/mol. The second kappa shape index (κ2) is 3.19. The third-order valence-electron chi connectivity index (χ3n) is 1.54. The smallest absolute Gasteiger partial charge is 0.196 e. The van der Waals surface area contributed by atoms with E-state index in [4.69, 9.17) is 16.3 Å². The Morgan fingerprint density at radius 2 is 2.17 bits per heavy atom. The van der Waals surface area contributed by atoms with Crippen LogP contribution in [0.3, 0.4) is 0 Å². The van der Waals surface area contributed by atoms with Gasteiger partial charge in [-0.15, -0.1) is 0 Å². The number of halogens is 2. The van der Waals surface area contributed by atoms with Crippen LogP contribution in [0.1, 0.15) is 5.56 Å². The summed E-state index contributed by atoms with van der Waals surface area (Å²) in [7, 11) is 1.36. The molecule has 4 heteroatoms. The number of rotatable bonds is 1. The van der Waals surface area contributed by atoms with E-state index in [2.05, 4.69) is 0 Å². The number of hydrogen-bond donors (Lipinski definition) is 1. The molecule has 0 saturated heterocycles. The van der Waals surface area contributed by atoms with E-state index in [0.717, 1.165) is 0 Å². The number of methoxy groups -OCH3 is 1. The maximum Gasteiger partial charge on any atom is 0.196 e. The Hall–Kier alpha value is -0.960. The minimum absolute atomic E-state index is 0.106. The van der Waals surface area contributed by atoms with Gasteiger partial charge in [0.05, 0.1) is 12.1 Å². The van der Waals surface area contributed by atoms with Crippen molar-refractivity contribution in [3.8, 4) is 11.5 Å². The molecule has 0 unspecified atom stereocenters. The molecule has 0 aliphatic carbocycles. The number of phenolic OH excluding ortho intramolecular Hbond substituents is 1. The van der Waals surface area contributed by atoms with Crippen molar-refractivity contribution in [2.75, 3.05) is 7.11 Å². The minimum Gasteiger partial charge on any atom is -0.502 e. The first-order valence-corrected chi connectivity index (χ1v) is 3.67. The van der Waals surface area contributed by atoms with E-state index in [1.165, 1.54) is 13.2 Å². The SMILES string of the molecule is COc1c(C)cc(Cl)c(F)c1O. The third kappa shape index (κ3) is 1.32. The van der Waals surface area contributed by atoms with Crippen molar-refractivity contribution in [3.05, 3.63) is 22.5 Å². The lowest BCUT2D eigenvalue weighted by Crippen LogP contribution is -1.91. The van der Waals surface area contributed by atoms with Gasteiger partial charge < -0.3 is 9.84 Å². The van der Waals surface area contributed by atoms with Crippen LogP contribution in [-0.2, 0) is 0 Å². The van der Waals surface area contributed by atoms with E-state index in [-0.39, 0.29) is 10.8 Å². The van der Waals surface area contributed by atoms with Crippen LogP contribution < -0.4 is 4.74 Å². The Balaban J connectivity index is 3.40. The molecule has 0 bridgehead atoms. The lowest BCUT2D eigenvalue weighted by atomic mass is 10.2. The number of aryl methyl sites for hydroxylation is 1. The summed E-state index contributed by atoms with van der Waals surface area (Å²) < 4.78 is 17.7. The largest absolute Gasteiger partial charge is 0.502 e. The first-order chi connectivity index (χ1) is 5.57. The van der Waals surface area contributed by atoms with Gasteiger partial charge >= 0.3 is 0 Å². The predicted octanol–water partition coefficient (Wildman–Crippen LogP) is 2.50. The maximum absolute atomic E-state index is 12.9. The molecular weight excluding hydrogens is 183 g/mol. The van der Waals surface area contributed by atoms with Crippen molar-refractivity contribution in [2.45, 2.75) is 6.92 Å². The number of ether oxygens (including phenoxy) is 1. The lowest BCUT2D eigenvalue weighted by Gasteiger charge is -2.08. The van der Waals surface area contributed by atoms with Crippen LogP contribution in [0.15, 0.2) is 6.07 Å². The van der Waals surface area contributed by atoms with Crippen molar-refractivity contribution >= 4 is 11.6 Å². The molecule has 0 aliphatic rings. The van der Waals surface area contributed by atoms with E-state index in [0.29, 0.717) is 5.56 Å². The fraction of sp³-hybridized carbons (Fsp3) is 0.250. The van der Waals surface area contributed by atoms with Gasteiger partial charge in [0.2, 0.25) is 0 Å². The molecule has 0 aromatic heterocycles. The summed E-state index contributed by atoms with van der Waals surface area (Å²) in [5.74, 6) is -1.27. The number of benzene rings is 1. The standard InChI is InChI=1S/C8H8ClFO2/c1-4-3-5(9)6(10)7(11)8(4)12-2/h3,11H,1-2H3. The molecule has 0 saturated carbocycles. The van der Waals surface area contributed by atoms with Crippen LogP contribution >= 0.6 is 11.6 Å². The Bertz CT molecular complexity index is 312. The van der Waals surface area contributed by atoms with Crippen LogP contribution in [0.2, 0.25) is 5.02 Å². The van der Waals surface area contributed by atoms with Gasteiger partial charge in [0.15, 0.2) is 17.3 Å². The van der Waals surface area contributed by atoms with Gasteiger partial charge in [0.25, 0.3) is 0 Å². The van der Waals surface area contributed by atoms with E-state index >= 15 is 0 Å². The summed E-state index contributed by atoms with van der Waals surface area (Å²) in [6.45, 7) is 1.67. The van der Waals surface area contributed by atoms with Crippen LogP contribution in [0.25, 0.3) is 0 Å². The Morgan fingerprint density at radius 3 is 2.67 bits per heavy atom. The average Bonchev–Trinajstić information content (AvgIpc) is 2.01. The molecule has 0 spiro atoms. The molecule has 0 radical (unpaired) electrons. The fourth-order valence-corrected chi connectivity index (χ4v) is 1.23. The molecule has 1 aromatic rings. The van der Waals surface area contributed by atoms with Gasteiger partial charge in [-0.1, -0.05) is 11.6 Å². The molecule has 1 rings (SSSR count). The molecule has 66 valence electrons. The first-order valence-electron chi connectivity index (χ1n) is 3.29. The maximum atomic E-state index is 12.9. The second-order valence-electron chi connectivity index (χ2n) is 2.37. The van der Waals surface area contributed by atoms with E-state index in [9.17, 15) is 9.50 Å². The fourth-order valence-electron chi connectivity index (χ4n) is 0.976. The highest BCUT2D eigenvalue weighted by Crippen LogP contribution is 2.36. The Kier molecular flexibility index (Phi) is 2.43. The van der Waals surface area contributed by atoms with E-state index < -0.39 is 11.6 Å². The lowest BCUT2D eigenvalue weighted by molar-refractivity contribution is 0.355. The first kappa shape index (κ1) is 9.13. The van der Waals surface area contributed by atoms with Crippen LogP contribution in [-0.4, -0.2) is 12.2 Å². The molecule has 1 N–H and O–H groups in total. The van der Waals surface area contributed by atoms with Gasteiger partial charge in [0.1, 0.15) is 0 Å². The summed E-state index contributed by atoms with van der Waals surface area (Å²) in [6.07, 6.45) is 0. The van der Waals surface area contributed by atoms with Gasteiger partial charge in [-0.2, -0.15) is 0 Å².